The zero-order valence-corrected chi connectivity index (χ0v) is 7.42. The van der Waals surface area contributed by atoms with Gasteiger partial charge in [-0.05, 0) is 20.8 Å². The summed E-state index contributed by atoms with van der Waals surface area (Å²) in [7, 11) is 0. The minimum atomic E-state index is -0.187. The van der Waals surface area contributed by atoms with Crippen LogP contribution in [-0.4, -0.2) is 25.3 Å². The Morgan fingerprint density at radius 2 is 2.00 bits per heavy atom. The van der Waals surface area contributed by atoms with Gasteiger partial charge < -0.3 is 9.47 Å². The number of rotatable bonds is 5. The lowest BCUT2D eigenvalue weighted by Crippen LogP contribution is -2.16. The third kappa shape index (κ3) is 5.85. The number of esters is 1. The Morgan fingerprint density at radius 1 is 1.36 bits per heavy atom. The molecule has 0 amide bonds. The smallest absolute Gasteiger partial charge is 0.308 e. The van der Waals surface area contributed by atoms with E-state index in [-0.39, 0.29) is 12.1 Å². The minimum absolute atomic E-state index is 0.0287. The predicted octanol–water partition coefficient (Wildman–Crippen LogP) is 1.36. The van der Waals surface area contributed by atoms with Crippen molar-refractivity contribution in [2.75, 3.05) is 13.2 Å². The topological polar surface area (TPSA) is 35.5 Å². The molecule has 11 heavy (non-hydrogen) atoms. The molecule has 0 rings (SSSR count). The van der Waals surface area contributed by atoms with E-state index in [0.29, 0.717) is 19.6 Å². The van der Waals surface area contributed by atoms with Gasteiger partial charge in [-0.2, -0.15) is 0 Å². The van der Waals surface area contributed by atoms with E-state index in [1.54, 1.807) is 6.92 Å². The van der Waals surface area contributed by atoms with Gasteiger partial charge in [-0.1, -0.05) is 0 Å². The lowest BCUT2D eigenvalue weighted by atomic mass is 10.3. The Bertz CT molecular complexity index is 112. The highest BCUT2D eigenvalue weighted by atomic mass is 16.5. The zero-order chi connectivity index (χ0) is 8.69. The molecule has 66 valence electrons. The molecule has 0 radical (unpaired) electrons. The Labute approximate surface area is 67.7 Å². The average molecular weight is 160 g/mol. The van der Waals surface area contributed by atoms with E-state index >= 15 is 0 Å². The lowest BCUT2D eigenvalue weighted by Gasteiger charge is -2.09. The van der Waals surface area contributed by atoms with Crippen molar-refractivity contribution in [1.82, 2.24) is 0 Å². The summed E-state index contributed by atoms with van der Waals surface area (Å²) in [6, 6.07) is 0. The summed E-state index contributed by atoms with van der Waals surface area (Å²) in [5, 5.41) is 0. The summed E-state index contributed by atoms with van der Waals surface area (Å²) in [5.41, 5.74) is 0. The number of hydrogen-bond donors (Lipinski definition) is 0. The molecule has 3 heteroatoms. The van der Waals surface area contributed by atoms with Crippen molar-refractivity contribution in [2.24, 2.45) is 0 Å². The fourth-order valence-corrected chi connectivity index (χ4v) is 0.798. The second-order valence-electron chi connectivity index (χ2n) is 2.28. The standard InChI is InChI=1S/C8H16O3/c1-4-10-7(3)6-8(9)11-5-2/h7H,4-6H2,1-3H3. The van der Waals surface area contributed by atoms with Gasteiger partial charge in [-0.15, -0.1) is 0 Å². The minimum Gasteiger partial charge on any atom is -0.466 e. The molecule has 1 atom stereocenters. The highest BCUT2D eigenvalue weighted by Crippen LogP contribution is 1.98. The van der Waals surface area contributed by atoms with Gasteiger partial charge in [0.25, 0.3) is 0 Å². The van der Waals surface area contributed by atoms with Crippen LogP contribution in [-0.2, 0) is 14.3 Å². The Kier molecular flexibility index (Phi) is 5.84. The van der Waals surface area contributed by atoms with Crippen LogP contribution < -0.4 is 0 Å². The maximum Gasteiger partial charge on any atom is 0.308 e. The van der Waals surface area contributed by atoms with E-state index in [9.17, 15) is 4.79 Å². The summed E-state index contributed by atoms with van der Waals surface area (Å²) < 4.78 is 9.90. The van der Waals surface area contributed by atoms with Crippen LogP contribution >= 0.6 is 0 Å². The van der Waals surface area contributed by atoms with Gasteiger partial charge in [0.1, 0.15) is 0 Å². The van der Waals surface area contributed by atoms with Crippen LogP contribution in [0.3, 0.4) is 0 Å². The van der Waals surface area contributed by atoms with Gasteiger partial charge >= 0.3 is 5.97 Å². The van der Waals surface area contributed by atoms with Gasteiger partial charge in [0.2, 0.25) is 0 Å². The van der Waals surface area contributed by atoms with Crippen molar-refractivity contribution >= 4 is 5.97 Å². The van der Waals surface area contributed by atoms with E-state index in [0.717, 1.165) is 0 Å². The van der Waals surface area contributed by atoms with Crippen LogP contribution in [0.2, 0.25) is 0 Å². The molecule has 0 aromatic heterocycles. The molecule has 3 nitrogen and oxygen atoms in total. The van der Waals surface area contributed by atoms with Gasteiger partial charge in [0, 0.05) is 6.61 Å². The number of carbonyl (C=O) groups is 1. The molecule has 0 saturated heterocycles. The van der Waals surface area contributed by atoms with Gasteiger partial charge in [-0.3, -0.25) is 4.79 Å². The summed E-state index contributed by atoms with van der Waals surface area (Å²) in [6.07, 6.45) is 0.320. The van der Waals surface area contributed by atoms with Crippen molar-refractivity contribution < 1.29 is 14.3 Å². The van der Waals surface area contributed by atoms with E-state index in [4.69, 9.17) is 9.47 Å². The maximum absolute atomic E-state index is 10.8. The van der Waals surface area contributed by atoms with E-state index in [1.807, 2.05) is 13.8 Å². The predicted molar refractivity (Wildman–Crippen MR) is 42.3 cm³/mol. The summed E-state index contributed by atoms with van der Waals surface area (Å²) in [5.74, 6) is -0.187. The normalized spacial score (nSPS) is 12.6. The van der Waals surface area contributed by atoms with Crippen LogP contribution in [0.25, 0.3) is 0 Å². The largest absolute Gasteiger partial charge is 0.466 e. The first-order valence-electron chi connectivity index (χ1n) is 3.97. The van der Waals surface area contributed by atoms with Crippen molar-refractivity contribution in [3.63, 3.8) is 0 Å². The van der Waals surface area contributed by atoms with Crippen molar-refractivity contribution in [3.05, 3.63) is 0 Å². The number of hydrogen-bond acceptors (Lipinski definition) is 3. The number of carbonyl (C=O) groups excluding carboxylic acids is 1. The monoisotopic (exact) mass is 160 g/mol. The van der Waals surface area contributed by atoms with E-state index < -0.39 is 0 Å². The van der Waals surface area contributed by atoms with Crippen molar-refractivity contribution in [3.8, 4) is 0 Å². The third-order valence-electron chi connectivity index (χ3n) is 1.21. The summed E-state index contributed by atoms with van der Waals surface area (Å²) in [4.78, 5) is 10.8. The second kappa shape index (κ2) is 6.16. The van der Waals surface area contributed by atoms with Crippen molar-refractivity contribution in [1.29, 1.82) is 0 Å². The molecule has 0 bridgehead atoms. The molecule has 0 aliphatic heterocycles. The van der Waals surface area contributed by atoms with Crippen LogP contribution in [0.15, 0.2) is 0 Å². The van der Waals surface area contributed by atoms with E-state index in [1.165, 1.54) is 0 Å². The maximum atomic E-state index is 10.8. The van der Waals surface area contributed by atoms with Crippen LogP contribution in [0.4, 0.5) is 0 Å². The van der Waals surface area contributed by atoms with Crippen LogP contribution in [0.1, 0.15) is 27.2 Å². The molecule has 0 aromatic rings. The van der Waals surface area contributed by atoms with Gasteiger partial charge in [-0.25, -0.2) is 0 Å². The molecule has 0 aliphatic rings. The molecule has 0 aliphatic carbocycles. The van der Waals surface area contributed by atoms with Gasteiger partial charge in [0.05, 0.1) is 19.1 Å². The van der Waals surface area contributed by atoms with E-state index in [2.05, 4.69) is 0 Å². The molecule has 1 unspecified atom stereocenters. The van der Waals surface area contributed by atoms with Gasteiger partial charge in [0.15, 0.2) is 0 Å². The molecule has 0 N–H and O–H groups in total. The van der Waals surface area contributed by atoms with Crippen LogP contribution in [0, 0.1) is 0 Å². The number of ether oxygens (including phenoxy) is 2. The average Bonchev–Trinajstić information content (AvgIpc) is 1.87. The Balaban J connectivity index is 3.40. The first kappa shape index (κ1) is 10.4. The molecule has 0 aromatic carbocycles. The fourth-order valence-electron chi connectivity index (χ4n) is 0.798. The Morgan fingerprint density at radius 3 is 2.45 bits per heavy atom. The molecule has 0 spiro atoms. The molecule has 0 heterocycles. The van der Waals surface area contributed by atoms with Crippen LogP contribution in [0.5, 0.6) is 0 Å². The highest BCUT2D eigenvalue weighted by Gasteiger charge is 2.08. The highest BCUT2D eigenvalue weighted by molar-refractivity contribution is 5.69. The second-order valence-corrected chi connectivity index (χ2v) is 2.28. The fraction of sp³-hybridized carbons (Fsp3) is 0.875. The lowest BCUT2D eigenvalue weighted by molar-refractivity contribution is -0.145. The first-order chi connectivity index (χ1) is 5.20. The Hall–Kier alpha value is -0.570. The zero-order valence-electron chi connectivity index (χ0n) is 7.42. The molecular weight excluding hydrogens is 144 g/mol. The summed E-state index contributed by atoms with van der Waals surface area (Å²) >= 11 is 0. The molecule has 0 saturated carbocycles. The quantitative estimate of drug-likeness (QED) is 0.570. The molecule has 0 fully saturated rings. The third-order valence-corrected chi connectivity index (χ3v) is 1.21. The summed E-state index contributed by atoms with van der Waals surface area (Å²) in [6.45, 7) is 6.64. The van der Waals surface area contributed by atoms with Crippen molar-refractivity contribution in [2.45, 2.75) is 33.3 Å². The SMILES string of the molecule is CCOC(=O)CC(C)OCC. The first-order valence-corrected chi connectivity index (χ1v) is 3.97. The molecular formula is C8H16O3.